The van der Waals surface area contributed by atoms with Gasteiger partial charge in [-0.3, -0.25) is 0 Å². The Bertz CT molecular complexity index is 175. The van der Waals surface area contributed by atoms with Gasteiger partial charge in [-0.05, 0) is 6.92 Å². The van der Waals surface area contributed by atoms with Crippen LogP contribution in [0.4, 0.5) is 0 Å². The summed E-state index contributed by atoms with van der Waals surface area (Å²) < 4.78 is 0. The largest absolute Gasteiger partial charge is 0.411 e. The third-order valence-corrected chi connectivity index (χ3v) is 1.21. The first-order chi connectivity index (χ1) is 5.11. The molecule has 0 heterocycles. The number of quaternary nitrogens is 1. The maximum absolute atomic E-state index is 8.46. The van der Waals surface area contributed by atoms with Gasteiger partial charge in [-0.25, -0.2) is 0 Å². The summed E-state index contributed by atoms with van der Waals surface area (Å²) in [7, 11) is 3.83. The zero-order valence-electron chi connectivity index (χ0n) is 7.00. The van der Waals surface area contributed by atoms with Crippen molar-refractivity contribution in [3.8, 4) is 0 Å². The monoisotopic (exact) mass is 160 g/mol. The van der Waals surface area contributed by atoms with Crippen LogP contribution in [-0.2, 0) is 0 Å². The van der Waals surface area contributed by atoms with Gasteiger partial charge in [-0.15, -0.1) is 0 Å². The van der Waals surface area contributed by atoms with E-state index in [-0.39, 0.29) is 0 Å². The lowest BCUT2D eigenvalue weighted by Gasteiger charge is -2.06. The predicted octanol–water partition coefficient (Wildman–Crippen LogP) is -1.19. The van der Waals surface area contributed by atoms with Crippen LogP contribution in [0.5, 0.6) is 0 Å². The van der Waals surface area contributed by atoms with Gasteiger partial charge in [0.05, 0.1) is 14.1 Å². The molecule has 11 heavy (non-hydrogen) atoms. The molecule has 0 fully saturated rings. The number of hydrogen-bond acceptors (Lipinski definition) is 4. The van der Waals surface area contributed by atoms with Gasteiger partial charge in [0.1, 0.15) is 12.3 Å². The van der Waals surface area contributed by atoms with E-state index in [0.717, 1.165) is 4.90 Å². The summed E-state index contributed by atoms with van der Waals surface area (Å²) in [6.07, 6.45) is 0. The van der Waals surface area contributed by atoms with Crippen LogP contribution in [0.25, 0.3) is 0 Å². The molecule has 0 radical (unpaired) electrons. The van der Waals surface area contributed by atoms with E-state index in [1.807, 2.05) is 14.1 Å². The van der Waals surface area contributed by atoms with Gasteiger partial charge >= 0.3 is 0 Å². The highest BCUT2D eigenvalue weighted by molar-refractivity contribution is 6.41. The molecule has 0 aromatic carbocycles. The first-order valence-corrected chi connectivity index (χ1v) is 3.30. The van der Waals surface area contributed by atoms with Crippen LogP contribution in [0.1, 0.15) is 6.92 Å². The number of hydrogen-bond donors (Lipinski definition) is 3. The van der Waals surface area contributed by atoms with Gasteiger partial charge < -0.3 is 15.3 Å². The first-order valence-electron chi connectivity index (χ1n) is 3.30. The molecule has 0 aliphatic carbocycles. The van der Waals surface area contributed by atoms with Crippen molar-refractivity contribution in [1.29, 1.82) is 0 Å². The van der Waals surface area contributed by atoms with E-state index < -0.39 is 0 Å². The molecule has 0 aliphatic heterocycles. The Kier molecular flexibility index (Phi) is 4.21. The molecule has 0 saturated carbocycles. The van der Waals surface area contributed by atoms with Crippen molar-refractivity contribution in [1.82, 2.24) is 0 Å². The Morgan fingerprint density at radius 2 is 1.82 bits per heavy atom. The fourth-order valence-electron chi connectivity index (χ4n) is 0.628. The van der Waals surface area contributed by atoms with Crippen LogP contribution >= 0.6 is 0 Å². The minimum atomic E-state index is 0.341. The standard InChI is InChI=1S/C6H13N3O2/c1-5(7-10)6(8-11)4-9(2)3/h10-11H,4H2,1-3H3/p+1/b7-5+,8-6+. The van der Waals surface area contributed by atoms with E-state index in [1.165, 1.54) is 0 Å². The molecule has 0 spiro atoms. The third kappa shape index (κ3) is 3.57. The quantitative estimate of drug-likeness (QED) is 0.276. The molecule has 0 bridgehead atoms. The van der Waals surface area contributed by atoms with Crippen molar-refractivity contribution in [3.05, 3.63) is 0 Å². The van der Waals surface area contributed by atoms with E-state index >= 15 is 0 Å². The van der Waals surface area contributed by atoms with E-state index in [9.17, 15) is 0 Å². The lowest BCUT2D eigenvalue weighted by molar-refractivity contribution is -0.848. The minimum absolute atomic E-state index is 0.341. The molecular weight excluding hydrogens is 146 g/mol. The number of oxime groups is 2. The molecule has 0 atom stereocenters. The van der Waals surface area contributed by atoms with Gasteiger partial charge in [0.25, 0.3) is 0 Å². The van der Waals surface area contributed by atoms with Gasteiger partial charge in [0.2, 0.25) is 0 Å². The van der Waals surface area contributed by atoms with Crippen LogP contribution in [0, 0.1) is 0 Å². The maximum Gasteiger partial charge on any atom is 0.158 e. The van der Waals surface area contributed by atoms with Crippen LogP contribution in [0.2, 0.25) is 0 Å². The second kappa shape index (κ2) is 4.68. The van der Waals surface area contributed by atoms with Crippen molar-refractivity contribution in [2.75, 3.05) is 20.6 Å². The lowest BCUT2D eigenvalue weighted by atomic mass is 10.2. The molecule has 5 nitrogen and oxygen atoms in total. The van der Waals surface area contributed by atoms with Gasteiger partial charge in [0.15, 0.2) is 5.71 Å². The second-order valence-corrected chi connectivity index (χ2v) is 2.62. The molecule has 3 N–H and O–H groups in total. The Labute approximate surface area is 65.6 Å². The molecule has 5 heteroatoms. The zero-order valence-corrected chi connectivity index (χ0v) is 7.00. The van der Waals surface area contributed by atoms with E-state index in [2.05, 4.69) is 10.3 Å². The third-order valence-electron chi connectivity index (χ3n) is 1.21. The Morgan fingerprint density at radius 1 is 1.27 bits per heavy atom. The minimum Gasteiger partial charge on any atom is -0.411 e. The first kappa shape index (κ1) is 9.90. The Balaban J connectivity index is 4.21. The normalized spacial score (nSPS) is 14.2. The van der Waals surface area contributed by atoms with Crippen LogP contribution in [0.15, 0.2) is 10.3 Å². The van der Waals surface area contributed by atoms with E-state index in [4.69, 9.17) is 10.4 Å². The number of nitrogens with one attached hydrogen (secondary N) is 1. The molecule has 0 saturated heterocycles. The maximum atomic E-state index is 8.46. The smallest absolute Gasteiger partial charge is 0.158 e. The fourth-order valence-corrected chi connectivity index (χ4v) is 0.628. The van der Waals surface area contributed by atoms with Crippen molar-refractivity contribution >= 4 is 11.4 Å². The topological polar surface area (TPSA) is 69.6 Å². The van der Waals surface area contributed by atoms with Crippen molar-refractivity contribution in [3.63, 3.8) is 0 Å². The van der Waals surface area contributed by atoms with Crippen LogP contribution in [0.3, 0.4) is 0 Å². The molecule has 64 valence electrons. The fraction of sp³-hybridized carbons (Fsp3) is 0.667. The van der Waals surface area contributed by atoms with Crippen LogP contribution in [-0.4, -0.2) is 42.5 Å². The summed E-state index contributed by atoms with van der Waals surface area (Å²) in [6, 6.07) is 0. The molecule has 0 unspecified atom stereocenters. The summed E-state index contributed by atoms with van der Waals surface area (Å²) in [5, 5.41) is 22.7. The number of rotatable bonds is 3. The highest BCUT2D eigenvalue weighted by Crippen LogP contribution is 1.79. The highest BCUT2D eigenvalue weighted by Gasteiger charge is 2.08. The van der Waals surface area contributed by atoms with Crippen molar-refractivity contribution < 1.29 is 15.3 Å². The molecule has 0 amide bonds. The molecule has 0 aliphatic rings. The molecular formula is C6H14N3O2+. The molecule has 0 rings (SSSR count). The average molecular weight is 160 g/mol. The molecule has 0 aromatic rings. The number of nitrogens with zero attached hydrogens (tertiary/aromatic N) is 2. The summed E-state index contributed by atoms with van der Waals surface area (Å²) in [6.45, 7) is 2.12. The van der Waals surface area contributed by atoms with Gasteiger partial charge in [-0.1, -0.05) is 10.3 Å². The van der Waals surface area contributed by atoms with Crippen LogP contribution < -0.4 is 4.90 Å². The summed E-state index contributed by atoms with van der Waals surface area (Å²) >= 11 is 0. The summed E-state index contributed by atoms with van der Waals surface area (Å²) in [5.74, 6) is 0. The predicted molar refractivity (Wildman–Crippen MR) is 41.8 cm³/mol. The SMILES string of the molecule is CC(=N\O)/C(C[NH+](C)C)=N/O. The zero-order chi connectivity index (χ0) is 8.85. The molecule has 0 aromatic heterocycles. The Hall–Kier alpha value is -1.10. The average Bonchev–Trinajstić information content (AvgIpc) is 1.98. The Morgan fingerprint density at radius 3 is 2.09 bits per heavy atom. The highest BCUT2D eigenvalue weighted by atomic mass is 16.4. The van der Waals surface area contributed by atoms with E-state index in [1.54, 1.807) is 6.92 Å². The van der Waals surface area contributed by atoms with Crippen molar-refractivity contribution in [2.45, 2.75) is 6.92 Å². The lowest BCUT2D eigenvalue weighted by Crippen LogP contribution is -3.06. The summed E-state index contributed by atoms with van der Waals surface area (Å²) in [4.78, 5) is 1.10. The van der Waals surface area contributed by atoms with Gasteiger partial charge in [0, 0.05) is 0 Å². The second-order valence-electron chi connectivity index (χ2n) is 2.62. The van der Waals surface area contributed by atoms with Crippen molar-refractivity contribution in [2.24, 2.45) is 10.3 Å². The van der Waals surface area contributed by atoms with E-state index in [0.29, 0.717) is 18.0 Å². The van der Waals surface area contributed by atoms with Gasteiger partial charge in [-0.2, -0.15) is 0 Å². The summed E-state index contributed by atoms with van der Waals surface area (Å²) in [5.41, 5.74) is 0.737.